The first-order chi connectivity index (χ1) is 11.0. The van der Waals surface area contributed by atoms with Gasteiger partial charge in [-0.1, -0.05) is 50.6 Å². The van der Waals surface area contributed by atoms with Crippen molar-refractivity contribution in [1.29, 1.82) is 0 Å². The largest absolute Gasteiger partial charge is 0.343 e. The highest BCUT2D eigenvalue weighted by molar-refractivity contribution is 5.81. The first-order valence-electron chi connectivity index (χ1n) is 8.77. The summed E-state index contributed by atoms with van der Waals surface area (Å²) in [4.78, 5) is 16.8. The molecule has 0 saturated carbocycles. The van der Waals surface area contributed by atoms with Crippen molar-refractivity contribution in [2.75, 3.05) is 20.1 Å². The van der Waals surface area contributed by atoms with E-state index in [1.807, 2.05) is 25.8 Å². The molecule has 0 radical (unpaired) electrons. The van der Waals surface area contributed by atoms with E-state index in [-0.39, 0.29) is 11.8 Å². The zero-order chi connectivity index (χ0) is 16.8. The summed E-state index contributed by atoms with van der Waals surface area (Å²) in [6.07, 6.45) is 3.64. The van der Waals surface area contributed by atoms with Crippen molar-refractivity contribution < 1.29 is 4.79 Å². The van der Waals surface area contributed by atoms with Gasteiger partial charge in [-0.25, -0.2) is 0 Å². The van der Waals surface area contributed by atoms with Gasteiger partial charge in [-0.15, -0.1) is 0 Å². The molecule has 4 nitrogen and oxygen atoms in total. The first kappa shape index (κ1) is 18.0. The van der Waals surface area contributed by atoms with Crippen LogP contribution in [0.5, 0.6) is 0 Å². The molecular formula is C19H31N3O. The van der Waals surface area contributed by atoms with Gasteiger partial charge in [-0.2, -0.15) is 0 Å². The van der Waals surface area contributed by atoms with Crippen LogP contribution < -0.4 is 5.73 Å². The van der Waals surface area contributed by atoms with Gasteiger partial charge in [0.1, 0.15) is 0 Å². The molecule has 1 aromatic rings. The Balaban J connectivity index is 1.97. The zero-order valence-corrected chi connectivity index (χ0v) is 14.7. The molecule has 1 saturated heterocycles. The average molecular weight is 317 g/mol. The summed E-state index contributed by atoms with van der Waals surface area (Å²) in [7, 11) is 1.89. The Bertz CT molecular complexity index is 489. The minimum atomic E-state index is -0.397. The number of nitrogens with two attached hydrogens (primary N) is 1. The van der Waals surface area contributed by atoms with E-state index in [4.69, 9.17) is 5.73 Å². The van der Waals surface area contributed by atoms with Crippen LogP contribution in [-0.2, 0) is 11.3 Å². The molecule has 0 bridgehead atoms. The second kappa shape index (κ2) is 8.46. The summed E-state index contributed by atoms with van der Waals surface area (Å²) in [5.41, 5.74) is 7.36. The second-order valence-corrected chi connectivity index (χ2v) is 7.09. The van der Waals surface area contributed by atoms with Crippen LogP contribution in [0.25, 0.3) is 0 Å². The molecule has 1 heterocycles. The van der Waals surface area contributed by atoms with Crippen LogP contribution >= 0.6 is 0 Å². The second-order valence-electron chi connectivity index (χ2n) is 7.09. The maximum atomic E-state index is 12.4. The molecule has 4 heteroatoms. The van der Waals surface area contributed by atoms with Gasteiger partial charge in [0.2, 0.25) is 5.91 Å². The fraction of sp³-hybridized carbons (Fsp3) is 0.632. The highest BCUT2D eigenvalue weighted by atomic mass is 16.2. The number of likely N-dealkylation sites (N-methyl/N-ethyl adjacent to an activating group) is 1. The van der Waals surface area contributed by atoms with E-state index in [2.05, 4.69) is 35.2 Å². The number of piperidine rings is 1. The van der Waals surface area contributed by atoms with E-state index in [1.54, 1.807) is 0 Å². The van der Waals surface area contributed by atoms with Crippen LogP contribution in [0.4, 0.5) is 0 Å². The Labute approximate surface area is 140 Å². The standard InChI is InChI=1S/C19H31N3O/c1-15(2)18(20)19(23)21(3)14-17-11-7-8-12-22(17)13-16-9-5-4-6-10-16/h4-6,9-10,15,17-18H,7-8,11-14,20H2,1-3H3/t17-,18+/m1/s1. The molecule has 1 aromatic carbocycles. The fourth-order valence-corrected chi connectivity index (χ4v) is 3.24. The molecule has 2 atom stereocenters. The van der Waals surface area contributed by atoms with Crippen molar-refractivity contribution in [3.63, 3.8) is 0 Å². The van der Waals surface area contributed by atoms with Crippen LogP contribution in [0.2, 0.25) is 0 Å². The number of amides is 1. The number of likely N-dealkylation sites (tertiary alicyclic amines) is 1. The van der Waals surface area contributed by atoms with E-state index >= 15 is 0 Å². The van der Waals surface area contributed by atoms with Crippen molar-refractivity contribution in [1.82, 2.24) is 9.80 Å². The van der Waals surface area contributed by atoms with E-state index in [9.17, 15) is 4.79 Å². The van der Waals surface area contributed by atoms with Crippen molar-refractivity contribution >= 4 is 5.91 Å². The Morgan fingerprint density at radius 1 is 1.30 bits per heavy atom. The van der Waals surface area contributed by atoms with Crippen LogP contribution in [0.15, 0.2) is 30.3 Å². The lowest BCUT2D eigenvalue weighted by Crippen LogP contribution is -2.51. The molecule has 128 valence electrons. The summed E-state index contributed by atoms with van der Waals surface area (Å²) in [6.45, 7) is 6.84. The fourth-order valence-electron chi connectivity index (χ4n) is 3.24. The Kier molecular flexibility index (Phi) is 6.60. The predicted octanol–water partition coefficient (Wildman–Crippen LogP) is 2.48. The molecule has 0 spiro atoms. The number of rotatable bonds is 6. The molecule has 1 fully saturated rings. The lowest BCUT2D eigenvalue weighted by Gasteiger charge is -2.38. The lowest BCUT2D eigenvalue weighted by atomic mass is 9.99. The topological polar surface area (TPSA) is 49.6 Å². The average Bonchev–Trinajstić information content (AvgIpc) is 2.56. The summed E-state index contributed by atoms with van der Waals surface area (Å²) in [5.74, 6) is 0.238. The number of hydrogen-bond acceptors (Lipinski definition) is 3. The molecule has 2 N–H and O–H groups in total. The lowest BCUT2D eigenvalue weighted by molar-refractivity contribution is -0.133. The van der Waals surface area contributed by atoms with Crippen molar-refractivity contribution in [3.8, 4) is 0 Å². The van der Waals surface area contributed by atoms with Gasteiger partial charge >= 0.3 is 0 Å². The molecule has 0 aliphatic carbocycles. The van der Waals surface area contributed by atoms with Gasteiger partial charge in [0.05, 0.1) is 6.04 Å². The Hall–Kier alpha value is -1.39. The Morgan fingerprint density at radius 2 is 2.00 bits per heavy atom. The van der Waals surface area contributed by atoms with Gasteiger partial charge in [-0.05, 0) is 30.9 Å². The van der Waals surface area contributed by atoms with Gasteiger partial charge in [0.15, 0.2) is 0 Å². The zero-order valence-electron chi connectivity index (χ0n) is 14.7. The summed E-state index contributed by atoms with van der Waals surface area (Å²) in [6, 6.07) is 10.6. The van der Waals surface area contributed by atoms with Gasteiger partial charge in [0, 0.05) is 26.2 Å². The minimum Gasteiger partial charge on any atom is -0.343 e. The van der Waals surface area contributed by atoms with E-state index in [0.29, 0.717) is 6.04 Å². The molecule has 1 aliphatic rings. The maximum absolute atomic E-state index is 12.4. The van der Waals surface area contributed by atoms with Crippen LogP contribution in [0.3, 0.4) is 0 Å². The van der Waals surface area contributed by atoms with E-state index in [1.165, 1.54) is 18.4 Å². The molecule has 1 amide bonds. The van der Waals surface area contributed by atoms with Crippen LogP contribution in [0.1, 0.15) is 38.7 Å². The minimum absolute atomic E-state index is 0.0604. The van der Waals surface area contributed by atoms with Gasteiger partial charge in [-0.3, -0.25) is 9.69 Å². The number of hydrogen-bond donors (Lipinski definition) is 1. The first-order valence-corrected chi connectivity index (χ1v) is 8.77. The summed E-state index contributed by atoms with van der Waals surface area (Å²) < 4.78 is 0. The van der Waals surface area contributed by atoms with Crippen molar-refractivity contribution in [2.24, 2.45) is 11.7 Å². The molecule has 0 unspecified atom stereocenters. The molecule has 2 rings (SSSR count). The van der Waals surface area contributed by atoms with Crippen molar-refractivity contribution in [2.45, 2.75) is 51.7 Å². The third-order valence-electron chi connectivity index (χ3n) is 4.84. The van der Waals surface area contributed by atoms with E-state index < -0.39 is 6.04 Å². The SMILES string of the molecule is CC(C)[C@H](N)C(=O)N(C)C[C@H]1CCCCN1Cc1ccccc1. The van der Waals surface area contributed by atoms with Crippen LogP contribution in [0, 0.1) is 5.92 Å². The third-order valence-corrected chi connectivity index (χ3v) is 4.84. The molecule has 23 heavy (non-hydrogen) atoms. The highest BCUT2D eigenvalue weighted by Gasteiger charge is 2.27. The van der Waals surface area contributed by atoms with Gasteiger partial charge in [0.25, 0.3) is 0 Å². The number of benzene rings is 1. The molecule has 0 aromatic heterocycles. The molecular weight excluding hydrogens is 286 g/mol. The monoisotopic (exact) mass is 317 g/mol. The predicted molar refractivity (Wildman–Crippen MR) is 94.9 cm³/mol. The number of carbonyl (C=O) groups is 1. The number of nitrogens with zero attached hydrogens (tertiary/aromatic N) is 2. The smallest absolute Gasteiger partial charge is 0.239 e. The summed E-state index contributed by atoms with van der Waals surface area (Å²) >= 11 is 0. The normalized spacial score (nSPS) is 20.5. The maximum Gasteiger partial charge on any atom is 0.239 e. The van der Waals surface area contributed by atoms with Crippen molar-refractivity contribution in [3.05, 3.63) is 35.9 Å². The third kappa shape index (κ3) is 5.05. The Morgan fingerprint density at radius 3 is 2.65 bits per heavy atom. The molecule has 1 aliphatic heterocycles. The van der Waals surface area contributed by atoms with Crippen LogP contribution in [-0.4, -0.2) is 47.9 Å². The quantitative estimate of drug-likeness (QED) is 0.877. The van der Waals surface area contributed by atoms with Gasteiger partial charge < -0.3 is 10.6 Å². The summed E-state index contributed by atoms with van der Waals surface area (Å²) in [5, 5.41) is 0. The highest BCUT2D eigenvalue weighted by Crippen LogP contribution is 2.20. The van der Waals surface area contributed by atoms with E-state index in [0.717, 1.165) is 26.1 Å². The number of carbonyl (C=O) groups excluding carboxylic acids is 1.